The van der Waals surface area contributed by atoms with Gasteiger partial charge in [-0.05, 0) is 33.1 Å². The number of alkyl carbamates (subject to hydrolysis) is 1. The van der Waals surface area contributed by atoms with E-state index in [0.717, 1.165) is 18.9 Å². The molecular weight excluding hydrogens is 266 g/mol. The minimum absolute atomic E-state index is 0.358. The van der Waals surface area contributed by atoms with Crippen molar-refractivity contribution >= 4 is 6.09 Å². The van der Waals surface area contributed by atoms with Crippen LogP contribution in [0.15, 0.2) is 12.5 Å². The van der Waals surface area contributed by atoms with E-state index in [1.165, 1.54) is 31.4 Å². The second-order valence-electron chi connectivity index (χ2n) is 6.84. The Balaban J connectivity index is 1.70. The van der Waals surface area contributed by atoms with Crippen LogP contribution in [0, 0.1) is 5.92 Å². The van der Waals surface area contributed by atoms with Crippen LogP contribution >= 0.6 is 0 Å². The lowest BCUT2D eigenvalue weighted by Crippen LogP contribution is -2.33. The average Bonchev–Trinajstić information content (AvgIpc) is 2.72. The minimum Gasteiger partial charge on any atom is -0.444 e. The number of nitrogens with zero attached hydrogens (tertiary/aromatic N) is 2. The van der Waals surface area contributed by atoms with Gasteiger partial charge >= 0.3 is 6.09 Å². The van der Waals surface area contributed by atoms with E-state index in [9.17, 15) is 4.79 Å². The lowest BCUT2D eigenvalue weighted by Gasteiger charge is -2.25. The SMILES string of the molecule is CC(C)(C)OC(=O)NCCc1cncn1CCC1CCC1. The molecule has 0 atom stereocenters. The van der Waals surface area contributed by atoms with E-state index in [-0.39, 0.29) is 6.09 Å². The fraction of sp³-hybridized carbons (Fsp3) is 0.750. The molecule has 21 heavy (non-hydrogen) atoms. The Morgan fingerprint density at radius 1 is 1.48 bits per heavy atom. The molecule has 0 unspecified atom stereocenters. The number of nitrogens with one attached hydrogen (secondary N) is 1. The monoisotopic (exact) mass is 293 g/mol. The van der Waals surface area contributed by atoms with Crippen LogP contribution in [0.5, 0.6) is 0 Å². The van der Waals surface area contributed by atoms with Crippen LogP contribution in [0.1, 0.15) is 52.1 Å². The smallest absolute Gasteiger partial charge is 0.407 e. The molecule has 1 saturated carbocycles. The van der Waals surface area contributed by atoms with Crippen molar-refractivity contribution in [3.05, 3.63) is 18.2 Å². The molecule has 0 bridgehead atoms. The fourth-order valence-corrected chi connectivity index (χ4v) is 2.47. The number of carbonyl (C=O) groups excluding carboxylic acids is 1. The predicted octanol–water partition coefficient (Wildman–Crippen LogP) is 3.14. The van der Waals surface area contributed by atoms with Crippen LogP contribution < -0.4 is 5.32 Å². The number of hydrogen-bond acceptors (Lipinski definition) is 3. The molecule has 1 aliphatic carbocycles. The molecule has 1 amide bonds. The standard InChI is InChI=1S/C16H27N3O2/c1-16(2,3)21-15(20)18-9-7-14-11-17-12-19(14)10-8-13-5-4-6-13/h11-13H,4-10H2,1-3H3,(H,18,20). The van der Waals surface area contributed by atoms with Gasteiger partial charge in [0.1, 0.15) is 5.60 Å². The van der Waals surface area contributed by atoms with Crippen molar-refractivity contribution < 1.29 is 9.53 Å². The first-order chi connectivity index (χ1) is 9.94. The summed E-state index contributed by atoms with van der Waals surface area (Å²) in [5.74, 6) is 0.903. The van der Waals surface area contributed by atoms with E-state index < -0.39 is 5.60 Å². The highest BCUT2D eigenvalue weighted by Gasteiger charge is 2.18. The zero-order chi connectivity index (χ0) is 15.3. The van der Waals surface area contributed by atoms with Crippen molar-refractivity contribution in [2.24, 2.45) is 5.92 Å². The summed E-state index contributed by atoms with van der Waals surface area (Å²) in [6.45, 7) is 7.20. The molecule has 1 aliphatic rings. The van der Waals surface area contributed by atoms with Crippen LogP contribution in [0.4, 0.5) is 4.79 Å². The molecule has 5 heteroatoms. The molecule has 0 spiro atoms. The third-order valence-electron chi connectivity index (χ3n) is 3.85. The number of rotatable bonds is 6. The third-order valence-corrected chi connectivity index (χ3v) is 3.85. The number of aromatic nitrogens is 2. The van der Waals surface area contributed by atoms with E-state index in [0.29, 0.717) is 6.54 Å². The van der Waals surface area contributed by atoms with E-state index >= 15 is 0 Å². The zero-order valence-corrected chi connectivity index (χ0v) is 13.4. The van der Waals surface area contributed by atoms with Crippen LogP contribution in [0.3, 0.4) is 0 Å². The number of imidazole rings is 1. The van der Waals surface area contributed by atoms with Crippen molar-refractivity contribution in [1.29, 1.82) is 0 Å². The van der Waals surface area contributed by atoms with Crippen molar-refractivity contribution in [2.45, 2.75) is 65.0 Å². The van der Waals surface area contributed by atoms with Gasteiger partial charge in [-0.2, -0.15) is 0 Å². The first-order valence-corrected chi connectivity index (χ1v) is 7.90. The molecule has 0 aromatic carbocycles. The molecule has 1 fully saturated rings. The van der Waals surface area contributed by atoms with Crippen LogP contribution in [-0.2, 0) is 17.7 Å². The molecule has 2 rings (SSSR count). The van der Waals surface area contributed by atoms with Gasteiger partial charge in [0.05, 0.1) is 6.33 Å². The maximum Gasteiger partial charge on any atom is 0.407 e. The molecule has 118 valence electrons. The molecule has 1 aromatic heterocycles. The number of ether oxygens (including phenoxy) is 1. The number of hydrogen-bond donors (Lipinski definition) is 1. The van der Waals surface area contributed by atoms with Gasteiger partial charge < -0.3 is 14.6 Å². The summed E-state index contributed by atoms with van der Waals surface area (Å²) in [4.78, 5) is 15.8. The molecule has 1 aromatic rings. The average molecular weight is 293 g/mol. The number of amides is 1. The van der Waals surface area contributed by atoms with Crippen LogP contribution in [0.2, 0.25) is 0 Å². The van der Waals surface area contributed by atoms with E-state index in [4.69, 9.17) is 4.74 Å². The van der Waals surface area contributed by atoms with Gasteiger partial charge in [-0.1, -0.05) is 19.3 Å². The number of carbonyl (C=O) groups is 1. The second kappa shape index (κ2) is 6.96. The van der Waals surface area contributed by atoms with Gasteiger partial charge in [0.25, 0.3) is 0 Å². The highest BCUT2D eigenvalue weighted by atomic mass is 16.6. The molecule has 5 nitrogen and oxygen atoms in total. The molecular formula is C16H27N3O2. The maximum atomic E-state index is 11.6. The van der Waals surface area contributed by atoms with Crippen LogP contribution in [-0.4, -0.2) is 27.8 Å². The van der Waals surface area contributed by atoms with Gasteiger partial charge in [-0.25, -0.2) is 9.78 Å². The van der Waals surface area contributed by atoms with Crippen molar-refractivity contribution in [2.75, 3.05) is 6.54 Å². The predicted molar refractivity (Wildman–Crippen MR) is 82.1 cm³/mol. The Bertz CT molecular complexity index is 458. The summed E-state index contributed by atoms with van der Waals surface area (Å²) in [5, 5.41) is 2.79. The van der Waals surface area contributed by atoms with Gasteiger partial charge in [0.15, 0.2) is 0 Å². The summed E-state index contributed by atoms with van der Waals surface area (Å²) < 4.78 is 7.42. The molecule has 0 radical (unpaired) electrons. The Morgan fingerprint density at radius 3 is 2.86 bits per heavy atom. The van der Waals surface area contributed by atoms with Gasteiger partial charge in [-0.15, -0.1) is 0 Å². The van der Waals surface area contributed by atoms with E-state index in [1.807, 2.05) is 33.3 Å². The van der Waals surface area contributed by atoms with Crippen molar-refractivity contribution in [3.63, 3.8) is 0 Å². The lowest BCUT2D eigenvalue weighted by molar-refractivity contribution is 0.0528. The summed E-state index contributed by atoms with van der Waals surface area (Å²) in [7, 11) is 0. The maximum absolute atomic E-state index is 11.6. The van der Waals surface area contributed by atoms with Gasteiger partial charge in [0.2, 0.25) is 0 Å². The highest BCUT2D eigenvalue weighted by Crippen LogP contribution is 2.29. The third kappa shape index (κ3) is 5.40. The summed E-state index contributed by atoms with van der Waals surface area (Å²) in [5.41, 5.74) is 0.722. The lowest BCUT2D eigenvalue weighted by atomic mass is 9.83. The fourth-order valence-electron chi connectivity index (χ4n) is 2.47. The largest absolute Gasteiger partial charge is 0.444 e. The van der Waals surface area contributed by atoms with Crippen molar-refractivity contribution in [1.82, 2.24) is 14.9 Å². The topological polar surface area (TPSA) is 56.1 Å². The minimum atomic E-state index is -0.450. The second-order valence-corrected chi connectivity index (χ2v) is 6.84. The Labute approximate surface area is 127 Å². The van der Waals surface area contributed by atoms with E-state index in [1.54, 1.807) is 0 Å². The van der Waals surface area contributed by atoms with Crippen molar-refractivity contribution in [3.8, 4) is 0 Å². The number of aryl methyl sites for hydroxylation is 1. The summed E-state index contributed by atoms with van der Waals surface area (Å²) in [6.07, 6.45) is 9.59. The molecule has 1 N–H and O–H groups in total. The highest BCUT2D eigenvalue weighted by molar-refractivity contribution is 5.67. The molecule has 1 heterocycles. The van der Waals surface area contributed by atoms with Gasteiger partial charge in [-0.3, -0.25) is 0 Å². The first-order valence-electron chi connectivity index (χ1n) is 7.90. The Kier molecular flexibility index (Phi) is 5.26. The Morgan fingerprint density at radius 2 is 2.24 bits per heavy atom. The van der Waals surface area contributed by atoms with Crippen LogP contribution in [0.25, 0.3) is 0 Å². The zero-order valence-electron chi connectivity index (χ0n) is 13.4. The Hall–Kier alpha value is -1.52. The molecule has 0 aliphatic heterocycles. The van der Waals surface area contributed by atoms with Gasteiger partial charge in [0, 0.05) is 31.4 Å². The summed E-state index contributed by atoms with van der Waals surface area (Å²) >= 11 is 0. The normalized spacial score (nSPS) is 15.6. The first kappa shape index (κ1) is 15.9. The van der Waals surface area contributed by atoms with E-state index in [2.05, 4.69) is 14.9 Å². The quantitative estimate of drug-likeness (QED) is 0.876. The summed E-state index contributed by atoms with van der Waals surface area (Å²) in [6, 6.07) is 0. The molecule has 0 saturated heterocycles.